The first-order chi connectivity index (χ1) is 14.0. The van der Waals surface area contributed by atoms with Gasteiger partial charge in [0.15, 0.2) is 6.61 Å². The van der Waals surface area contributed by atoms with Crippen molar-refractivity contribution in [2.45, 2.75) is 6.54 Å². The number of carbonyl (C=O) groups is 3. The van der Waals surface area contributed by atoms with Crippen LogP contribution < -0.4 is 15.0 Å². The van der Waals surface area contributed by atoms with Gasteiger partial charge in [-0.25, -0.2) is 4.99 Å². The average Bonchev–Trinajstić information content (AvgIpc) is 3.07. The molecule has 2 heterocycles. The molecule has 9 nitrogen and oxygen atoms in total. The van der Waals surface area contributed by atoms with E-state index in [1.165, 1.54) is 0 Å². The Morgan fingerprint density at radius 3 is 2.69 bits per heavy atom. The zero-order valence-corrected chi connectivity index (χ0v) is 15.4. The van der Waals surface area contributed by atoms with Gasteiger partial charge in [-0.3, -0.25) is 24.6 Å². The molecule has 9 heteroatoms. The molecule has 29 heavy (non-hydrogen) atoms. The van der Waals surface area contributed by atoms with Crippen LogP contribution >= 0.6 is 0 Å². The van der Waals surface area contributed by atoms with Crippen molar-refractivity contribution >= 4 is 35.1 Å². The quantitative estimate of drug-likeness (QED) is 0.759. The molecule has 0 spiro atoms. The summed E-state index contributed by atoms with van der Waals surface area (Å²) in [5.74, 6) is -0.881. The molecule has 0 saturated carbocycles. The second-order valence-corrected chi connectivity index (χ2v) is 6.60. The number of hydrogen-bond donors (Lipinski definition) is 2. The number of carboxylic acid groups (broad SMARTS) is 1. The number of benzene rings is 2. The summed E-state index contributed by atoms with van der Waals surface area (Å²) in [5.41, 5.74) is 1.90. The molecule has 0 radical (unpaired) electrons. The van der Waals surface area contributed by atoms with Crippen molar-refractivity contribution in [3.05, 3.63) is 54.1 Å². The van der Waals surface area contributed by atoms with E-state index in [-0.39, 0.29) is 19.1 Å². The van der Waals surface area contributed by atoms with Gasteiger partial charge in [0.05, 0.1) is 0 Å². The Balaban J connectivity index is 1.52. The van der Waals surface area contributed by atoms with E-state index in [9.17, 15) is 14.4 Å². The summed E-state index contributed by atoms with van der Waals surface area (Å²) < 4.78 is 5.70. The zero-order valence-electron chi connectivity index (χ0n) is 15.4. The third-order valence-electron chi connectivity index (χ3n) is 4.56. The number of nitrogens with zero attached hydrogens (tertiary/aromatic N) is 3. The normalized spacial score (nSPS) is 14.4. The van der Waals surface area contributed by atoms with E-state index < -0.39 is 18.4 Å². The standard InChI is InChI=1S/C20H18N4O5/c25-16-10-23-9-13-5-4-8-15(19(13)22-20(23)21-16)29-12-17(26)24(11-18(27)28)14-6-2-1-3-7-14/h1-8H,9-12H2,(H,27,28)(H,21,22,25). The topological polar surface area (TPSA) is 112 Å². The molecule has 2 aliphatic heterocycles. The molecule has 1 saturated heterocycles. The number of aliphatic imine (C=N–C) groups is 1. The minimum Gasteiger partial charge on any atom is -0.481 e. The molecule has 0 unspecified atom stereocenters. The van der Waals surface area contributed by atoms with Crippen LogP contribution in [0.5, 0.6) is 5.75 Å². The smallest absolute Gasteiger partial charge is 0.323 e. The van der Waals surface area contributed by atoms with Crippen molar-refractivity contribution in [2.75, 3.05) is 24.6 Å². The molecule has 2 aromatic rings. The van der Waals surface area contributed by atoms with Gasteiger partial charge in [0.25, 0.3) is 5.91 Å². The first kappa shape index (κ1) is 18.5. The Labute approximate surface area is 166 Å². The Bertz CT molecular complexity index is 1010. The van der Waals surface area contributed by atoms with E-state index in [2.05, 4.69) is 10.3 Å². The highest BCUT2D eigenvalue weighted by atomic mass is 16.5. The van der Waals surface area contributed by atoms with E-state index >= 15 is 0 Å². The van der Waals surface area contributed by atoms with Crippen LogP contribution in [-0.2, 0) is 20.9 Å². The fourth-order valence-corrected chi connectivity index (χ4v) is 3.26. The number of ether oxygens (including phenoxy) is 1. The maximum absolute atomic E-state index is 12.7. The van der Waals surface area contributed by atoms with Gasteiger partial charge < -0.3 is 14.7 Å². The van der Waals surface area contributed by atoms with Crippen molar-refractivity contribution in [3.8, 4) is 5.75 Å². The van der Waals surface area contributed by atoms with Crippen molar-refractivity contribution < 1.29 is 24.2 Å². The molecule has 2 amide bonds. The number of hydrogen-bond acceptors (Lipinski definition) is 6. The second kappa shape index (κ2) is 7.63. The van der Waals surface area contributed by atoms with Crippen LogP contribution in [0.4, 0.5) is 11.4 Å². The summed E-state index contributed by atoms with van der Waals surface area (Å²) >= 11 is 0. The first-order valence-electron chi connectivity index (χ1n) is 8.96. The molecule has 0 aromatic heterocycles. The minimum absolute atomic E-state index is 0.124. The maximum atomic E-state index is 12.7. The molecule has 4 rings (SSSR count). The van der Waals surface area contributed by atoms with Crippen LogP contribution in [0.25, 0.3) is 0 Å². The number of rotatable bonds is 6. The van der Waals surface area contributed by atoms with Crippen molar-refractivity contribution in [3.63, 3.8) is 0 Å². The predicted molar refractivity (Wildman–Crippen MR) is 104 cm³/mol. The maximum Gasteiger partial charge on any atom is 0.323 e. The first-order valence-corrected chi connectivity index (χ1v) is 8.96. The summed E-state index contributed by atoms with van der Waals surface area (Å²) in [6.07, 6.45) is 0. The number of carbonyl (C=O) groups excluding carboxylic acids is 2. The predicted octanol–water partition coefficient (Wildman–Crippen LogP) is 1.12. The molecule has 2 aliphatic rings. The Kier molecular flexibility index (Phi) is 4.86. The Morgan fingerprint density at radius 2 is 1.93 bits per heavy atom. The van der Waals surface area contributed by atoms with Gasteiger partial charge in [-0.2, -0.15) is 0 Å². The Hall–Kier alpha value is -3.88. The van der Waals surface area contributed by atoms with E-state index in [0.717, 1.165) is 10.5 Å². The third-order valence-corrected chi connectivity index (χ3v) is 4.56. The fourth-order valence-electron chi connectivity index (χ4n) is 3.26. The fraction of sp³-hybridized carbons (Fsp3) is 0.200. The van der Waals surface area contributed by atoms with Crippen LogP contribution in [0.3, 0.4) is 0 Å². The number of nitrogens with one attached hydrogen (secondary N) is 1. The van der Waals surface area contributed by atoms with Gasteiger partial charge in [0, 0.05) is 17.8 Å². The molecule has 148 valence electrons. The number of anilines is 1. The lowest BCUT2D eigenvalue weighted by atomic mass is 10.1. The lowest BCUT2D eigenvalue weighted by Crippen LogP contribution is -2.39. The largest absolute Gasteiger partial charge is 0.481 e. The van der Waals surface area contributed by atoms with Gasteiger partial charge in [-0.05, 0) is 18.2 Å². The lowest BCUT2D eigenvalue weighted by Gasteiger charge is -2.25. The van der Waals surface area contributed by atoms with E-state index in [1.54, 1.807) is 42.5 Å². The van der Waals surface area contributed by atoms with Crippen molar-refractivity contribution in [1.29, 1.82) is 0 Å². The Morgan fingerprint density at radius 1 is 1.14 bits per heavy atom. The monoisotopic (exact) mass is 394 g/mol. The van der Waals surface area contributed by atoms with Crippen molar-refractivity contribution in [1.82, 2.24) is 10.2 Å². The molecule has 0 atom stereocenters. The summed E-state index contributed by atoms with van der Waals surface area (Å²) in [4.78, 5) is 42.9. The molecular formula is C20H18N4O5. The molecule has 0 bridgehead atoms. The van der Waals surface area contributed by atoms with Crippen molar-refractivity contribution in [2.24, 2.45) is 4.99 Å². The lowest BCUT2D eigenvalue weighted by molar-refractivity contribution is -0.136. The van der Waals surface area contributed by atoms with E-state index in [1.807, 2.05) is 11.0 Å². The highest BCUT2D eigenvalue weighted by Gasteiger charge is 2.30. The third kappa shape index (κ3) is 3.88. The number of guanidine groups is 1. The number of fused-ring (bicyclic) bond motifs is 2. The van der Waals surface area contributed by atoms with Gasteiger partial charge in [0.1, 0.15) is 24.5 Å². The molecule has 2 N–H and O–H groups in total. The number of amides is 2. The van der Waals surface area contributed by atoms with Crippen LogP contribution in [0.1, 0.15) is 5.56 Å². The highest BCUT2D eigenvalue weighted by molar-refractivity contribution is 6.06. The molecule has 2 aromatic carbocycles. The van der Waals surface area contributed by atoms with E-state index in [0.29, 0.717) is 29.6 Å². The van der Waals surface area contributed by atoms with Gasteiger partial charge in [-0.15, -0.1) is 0 Å². The average molecular weight is 394 g/mol. The van der Waals surface area contributed by atoms with Crippen LogP contribution in [0.2, 0.25) is 0 Å². The summed E-state index contributed by atoms with van der Waals surface area (Å²) in [6, 6.07) is 13.9. The SMILES string of the molecule is O=C(O)CN(C(=O)COc1cccc2c1N=C1NC(=O)CN1C2)c1ccccc1. The van der Waals surface area contributed by atoms with E-state index in [4.69, 9.17) is 9.84 Å². The van der Waals surface area contributed by atoms with Gasteiger partial charge in [-0.1, -0.05) is 30.3 Å². The molecular weight excluding hydrogens is 376 g/mol. The summed E-state index contributed by atoms with van der Waals surface area (Å²) in [7, 11) is 0. The second-order valence-electron chi connectivity index (χ2n) is 6.60. The summed E-state index contributed by atoms with van der Waals surface area (Å²) in [6.45, 7) is -0.0573. The number of aliphatic carboxylic acids is 1. The zero-order chi connectivity index (χ0) is 20.4. The van der Waals surface area contributed by atoms with Gasteiger partial charge in [0.2, 0.25) is 11.9 Å². The van der Waals surface area contributed by atoms with Gasteiger partial charge >= 0.3 is 5.97 Å². The minimum atomic E-state index is -1.12. The van der Waals surface area contributed by atoms with Crippen LogP contribution in [0.15, 0.2) is 53.5 Å². The van der Waals surface area contributed by atoms with Crippen LogP contribution in [0, 0.1) is 0 Å². The highest BCUT2D eigenvalue weighted by Crippen LogP contribution is 2.36. The number of para-hydroxylation sites is 2. The number of carboxylic acids is 1. The molecule has 1 fully saturated rings. The summed E-state index contributed by atoms with van der Waals surface area (Å²) in [5, 5.41) is 11.8. The van der Waals surface area contributed by atoms with Crippen LogP contribution in [-0.4, -0.2) is 53.4 Å². The molecule has 0 aliphatic carbocycles.